The largest absolute Gasteiger partial charge is 0.455 e. The maximum absolute atomic E-state index is 6.78. The van der Waals surface area contributed by atoms with Crippen molar-refractivity contribution in [2.75, 3.05) is 4.90 Å². The van der Waals surface area contributed by atoms with E-state index < -0.39 is 0 Å². The summed E-state index contributed by atoms with van der Waals surface area (Å²) in [6, 6.07) is 69.0. The number of hydrogen-bond acceptors (Lipinski definition) is 2. The number of nitrogens with zero attached hydrogens (tertiary/aromatic N) is 2. The van der Waals surface area contributed by atoms with Gasteiger partial charge in [-0.05, 0) is 83.4 Å². The van der Waals surface area contributed by atoms with Crippen LogP contribution in [-0.4, -0.2) is 4.57 Å². The average Bonchev–Trinajstić information content (AvgIpc) is 3.76. The molecule has 0 atom stereocenters. The highest BCUT2D eigenvalue weighted by Crippen LogP contribution is 2.46. The summed E-state index contributed by atoms with van der Waals surface area (Å²) in [5, 5.41) is 4.69. The Kier molecular flexibility index (Phi) is 6.81. The van der Waals surface area contributed by atoms with Gasteiger partial charge in [0.2, 0.25) is 0 Å². The zero-order valence-corrected chi connectivity index (χ0v) is 27.8. The van der Waals surface area contributed by atoms with Gasteiger partial charge in [-0.3, -0.25) is 0 Å². The Bertz CT molecular complexity index is 2790. The van der Waals surface area contributed by atoms with Crippen molar-refractivity contribution in [3.63, 3.8) is 0 Å². The van der Waals surface area contributed by atoms with E-state index in [1.165, 1.54) is 32.9 Å². The maximum Gasteiger partial charge on any atom is 0.145 e. The van der Waals surface area contributed by atoms with Crippen molar-refractivity contribution in [1.29, 1.82) is 0 Å². The highest BCUT2D eigenvalue weighted by atomic mass is 16.3. The fourth-order valence-corrected chi connectivity index (χ4v) is 7.67. The SMILES string of the molecule is c1ccc(-c2cccc(N(c3ccccc3)c3ccc(-c4ccc(-n5c6ccccc6c6ccccc65)cc4)c4oc5ccccc5c34)c2)cc1. The number of aromatic nitrogens is 1. The van der Waals surface area contributed by atoms with Crippen LogP contribution in [-0.2, 0) is 0 Å². The monoisotopic (exact) mass is 652 g/mol. The fourth-order valence-electron chi connectivity index (χ4n) is 7.67. The second kappa shape index (κ2) is 11.9. The molecular formula is C48H32N2O. The van der Waals surface area contributed by atoms with Crippen LogP contribution in [0.25, 0.3) is 71.7 Å². The van der Waals surface area contributed by atoms with Crippen molar-refractivity contribution in [3.8, 4) is 27.9 Å². The van der Waals surface area contributed by atoms with E-state index in [9.17, 15) is 0 Å². The molecule has 0 aliphatic rings. The van der Waals surface area contributed by atoms with Gasteiger partial charge in [-0.25, -0.2) is 0 Å². The predicted molar refractivity (Wildman–Crippen MR) is 214 cm³/mol. The first-order chi connectivity index (χ1) is 25.3. The van der Waals surface area contributed by atoms with E-state index >= 15 is 0 Å². The summed E-state index contributed by atoms with van der Waals surface area (Å²) >= 11 is 0. The standard InChI is InChI=1S/C48H32N2O/c1-3-14-33(15-4-1)35-16-13-19-38(32-35)49(36-17-5-2-6-18-36)45-31-30-39(48-47(45)42-22-9-12-25-46(42)51-48)34-26-28-37(29-27-34)50-43-23-10-7-20-40(43)41-21-8-11-24-44(41)50/h1-32H. The Labute approximate surface area is 295 Å². The van der Waals surface area contributed by atoms with E-state index in [1.807, 2.05) is 6.07 Å². The first-order valence-electron chi connectivity index (χ1n) is 17.4. The Morgan fingerprint density at radius 3 is 1.73 bits per heavy atom. The van der Waals surface area contributed by atoms with E-state index in [1.54, 1.807) is 0 Å². The van der Waals surface area contributed by atoms with E-state index in [0.717, 1.165) is 55.8 Å². The third kappa shape index (κ3) is 4.82. The number of furan rings is 1. The van der Waals surface area contributed by atoms with Gasteiger partial charge in [-0.2, -0.15) is 0 Å². The molecule has 2 aromatic heterocycles. The maximum atomic E-state index is 6.78. The smallest absolute Gasteiger partial charge is 0.145 e. The van der Waals surface area contributed by atoms with E-state index in [-0.39, 0.29) is 0 Å². The molecule has 0 radical (unpaired) electrons. The van der Waals surface area contributed by atoms with Gasteiger partial charge in [-0.1, -0.05) is 127 Å². The van der Waals surface area contributed by atoms with Gasteiger partial charge in [0.25, 0.3) is 0 Å². The Hall–Kier alpha value is -6.84. The van der Waals surface area contributed by atoms with Crippen molar-refractivity contribution < 1.29 is 4.42 Å². The zero-order chi connectivity index (χ0) is 33.7. The summed E-state index contributed by atoms with van der Waals surface area (Å²) in [4.78, 5) is 2.35. The predicted octanol–water partition coefficient (Wildman–Crippen LogP) is 13.5. The summed E-state index contributed by atoms with van der Waals surface area (Å²) in [5.74, 6) is 0. The fraction of sp³-hybridized carbons (Fsp3) is 0. The van der Waals surface area contributed by atoms with Crippen LogP contribution in [0.5, 0.6) is 0 Å². The topological polar surface area (TPSA) is 21.3 Å². The highest BCUT2D eigenvalue weighted by molar-refractivity contribution is 6.17. The molecule has 0 saturated carbocycles. The van der Waals surface area contributed by atoms with Gasteiger partial charge in [0, 0.05) is 38.8 Å². The molecular weight excluding hydrogens is 621 g/mol. The third-order valence-corrected chi connectivity index (χ3v) is 9.99. The quantitative estimate of drug-likeness (QED) is 0.178. The van der Waals surface area contributed by atoms with Crippen LogP contribution >= 0.6 is 0 Å². The second-order valence-corrected chi connectivity index (χ2v) is 12.9. The molecule has 2 heterocycles. The lowest BCUT2D eigenvalue weighted by molar-refractivity contribution is 0.670. The molecule has 3 nitrogen and oxygen atoms in total. The highest BCUT2D eigenvalue weighted by Gasteiger charge is 2.22. The minimum Gasteiger partial charge on any atom is -0.455 e. The lowest BCUT2D eigenvalue weighted by Gasteiger charge is -2.27. The lowest BCUT2D eigenvalue weighted by Crippen LogP contribution is -2.10. The van der Waals surface area contributed by atoms with Crippen molar-refractivity contribution >= 4 is 60.8 Å². The van der Waals surface area contributed by atoms with Crippen molar-refractivity contribution in [2.24, 2.45) is 0 Å². The van der Waals surface area contributed by atoms with Crippen molar-refractivity contribution in [2.45, 2.75) is 0 Å². The van der Waals surface area contributed by atoms with Crippen molar-refractivity contribution in [1.82, 2.24) is 4.57 Å². The first-order valence-corrected chi connectivity index (χ1v) is 17.4. The van der Waals surface area contributed by atoms with Crippen LogP contribution in [0.3, 0.4) is 0 Å². The average molecular weight is 653 g/mol. The molecule has 0 bridgehead atoms. The molecule has 10 rings (SSSR count). The molecule has 10 aromatic rings. The van der Waals surface area contributed by atoms with Gasteiger partial charge in [0.05, 0.1) is 22.1 Å². The van der Waals surface area contributed by atoms with Crippen molar-refractivity contribution in [3.05, 3.63) is 194 Å². The normalized spacial score (nSPS) is 11.5. The number of anilines is 3. The van der Waals surface area contributed by atoms with E-state index in [0.29, 0.717) is 0 Å². The molecule has 0 N–H and O–H groups in total. The molecule has 0 spiro atoms. The molecule has 8 aromatic carbocycles. The molecule has 0 amide bonds. The number of para-hydroxylation sites is 4. The summed E-state index contributed by atoms with van der Waals surface area (Å²) < 4.78 is 9.14. The summed E-state index contributed by atoms with van der Waals surface area (Å²) in [6.07, 6.45) is 0. The van der Waals surface area contributed by atoms with Crippen LogP contribution in [0.4, 0.5) is 17.1 Å². The molecule has 51 heavy (non-hydrogen) atoms. The number of rotatable bonds is 6. The molecule has 0 aliphatic carbocycles. The minimum absolute atomic E-state index is 0.870. The van der Waals surface area contributed by atoms with Gasteiger partial charge in [0.1, 0.15) is 11.2 Å². The zero-order valence-electron chi connectivity index (χ0n) is 27.8. The van der Waals surface area contributed by atoms with Crippen LogP contribution in [0, 0.1) is 0 Å². The lowest BCUT2D eigenvalue weighted by atomic mass is 9.99. The minimum atomic E-state index is 0.870. The van der Waals surface area contributed by atoms with E-state index in [2.05, 4.69) is 198 Å². The Balaban J connectivity index is 1.15. The molecule has 3 heteroatoms. The summed E-state index contributed by atoms with van der Waals surface area (Å²) in [5.41, 5.74) is 13.0. The number of hydrogen-bond donors (Lipinski definition) is 0. The van der Waals surface area contributed by atoms with E-state index in [4.69, 9.17) is 4.42 Å². The molecule has 0 saturated heterocycles. The van der Waals surface area contributed by atoms with Crippen LogP contribution in [0.1, 0.15) is 0 Å². The van der Waals surface area contributed by atoms with Crippen LogP contribution in [0.2, 0.25) is 0 Å². The number of benzene rings is 8. The number of fused-ring (bicyclic) bond motifs is 6. The molecule has 0 aliphatic heterocycles. The third-order valence-electron chi connectivity index (χ3n) is 9.99. The Morgan fingerprint density at radius 2 is 1.00 bits per heavy atom. The van der Waals surface area contributed by atoms with Crippen LogP contribution in [0.15, 0.2) is 199 Å². The van der Waals surface area contributed by atoms with Gasteiger partial charge in [-0.15, -0.1) is 0 Å². The Morgan fingerprint density at radius 1 is 0.412 bits per heavy atom. The second-order valence-electron chi connectivity index (χ2n) is 12.9. The molecule has 0 fully saturated rings. The summed E-state index contributed by atoms with van der Waals surface area (Å²) in [7, 11) is 0. The van der Waals surface area contributed by atoms with Gasteiger partial charge < -0.3 is 13.9 Å². The van der Waals surface area contributed by atoms with Gasteiger partial charge in [0.15, 0.2) is 0 Å². The molecule has 240 valence electrons. The molecule has 0 unspecified atom stereocenters. The van der Waals surface area contributed by atoms with Gasteiger partial charge >= 0.3 is 0 Å². The summed E-state index contributed by atoms with van der Waals surface area (Å²) in [6.45, 7) is 0. The van der Waals surface area contributed by atoms with Crippen LogP contribution < -0.4 is 4.90 Å². The first kappa shape index (κ1) is 29.1.